The molecule has 1 aliphatic heterocycles. The third-order valence-electron chi connectivity index (χ3n) is 9.27. The van der Waals surface area contributed by atoms with Crippen molar-refractivity contribution in [3.63, 3.8) is 0 Å². The number of carbonyl (C=O) groups is 2. The van der Waals surface area contributed by atoms with Crippen LogP contribution in [0.2, 0.25) is 0 Å². The summed E-state index contributed by atoms with van der Waals surface area (Å²) in [5.74, 6) is 1.53. The second-order valence-electron chi connectivity index (χ2n) is 13.5. The van der Waals surface area contributed by atoms with Crippen LogP contribution in [0.25, 0.3) is 11.1 Å². The topological polar surface area (TPSA) is 158 Å². The van der Waals surface area contributed by atoms with Crippen molar-refractivity contribution < 1.29 is 24.2 Å². The summed E-state index contributed by atoms with van der Waals surface area (Å²) in [5.41, 5.74) is 5.90. The van der Waals surface area contributed by atoms with Gasteiger partial charge in [-0.1, -0.05) is 73.7 Å². The van der Waals surface area contributed by atoms with Crippen LogP contribution in [-0.4, -0.2) is 74.1 Å². The minimum Gasteiger partial charge on any atom is -0.508 e. The van der Waals surface area contributed by atoms with Gasteiger partial charge < -0.3 is 35.8 Å². The average molecular weight is 780 g/mol. The van der Waals surface area contributed by atoms with Crippen LogP contribution in [0.1, 0.15) is 46.0 Å². The van der Waals surface area contributed by atoms with Gasteiger partial charge in [0.25, 0.3) is 11.8 Å². The van der Waals surface area contributed by atoms with Crippen LogP contribution in [0.15, 0.2) is 148 Å². The van der Waals surface area contributed by atoms with Gasteiger partial charge in [0.1, 0.15) is 17.4 Å². The first-order chi connectivity index (χ1) is 28.4. The van der Waals surface area contributed by atoms with Crippen LogP contribution in [0, 0.1) is 5.92 Å². The molecule has 0 aromatic heterocycles. The highest BCUT2D eigenvalue weighted by atomic mass is 16.5. The van der Waals surface area contributed by atoms with E-state index in [1.807, 2.05) is 60.7 Å². The molecule has 0 radical (unpaired) electrons. The Morgan fingerprint density at radius 2 is 1.33 bits per heavy atom. The van der Waals surface area contributed by atoms with E-state index in [0.29, 0.717) is 86.9 Å². The molecule has 1 heterocycles. The predicted octanol–water partition coefficient (Wildman–Crippen LogP) is 7.56. The molecule has 5 aromatic carbocycles. The molecule has 58 heavy (non-hydrogen) atoms. The Hall–Kier alpha value is -6.63. The summed E-state index contributed by atoms with van der Waals surface area (Å²) in [4.78, 5) is 39.7. The Labute approximate surface area is 339 Å². The third kappa shape index (κ3) is 12.7. The van der Waals surface area contributed by atoms with Gasteiger partial charge in [0.2, 0.25) is 5.96 Å². The van der Waals surface area contributed by atoms with Crippen molar-refractivity contribution in [1.29, 1.82) is 0 Å². The van der Waals surface area contributed by atoms with Gasteiger partial charge in [-0.25, -0.2) is 0 Å². The molecular formula is C46H49N7O5. The van der Waals surface area contributed by atoms with E-state index in [0.717, 1.165) is 28.8 Å². The number of amides is 2. The maximum Gasteiger partial charge on any atom is 0.251 e. The van der Waals surface area contributed by atoms with Gasteiger partial charge in [-0.05, 0) is 89.8 Å². The van der Waals surface area contributed by atoms with Crippen molar-refractivity contribution in [2.24, 2.45) is 20.9 Å². The van der Waals surface area contributed by atoms with Gasteiger partial charge in [0.15, 0.2) is 0 Å². The van der Waals surface area contributed by atoms with Gasteiger partial charge in [0, 0.05) is 47.9 Å². The van der Waals surface area contributed by atoms with Crippen LogP contribution in [-0.2, 0) is 16.0 Å². The van der Waals surface area contributed by atoms with Crippen LogP contribution in [0.5, 0.6) is 5.75 Å². The first kappa shape index (κ1) is 41.0. The Morgan fingerprint density at radius 1 is 0.690 bits per heavy atom. The lowest BCUT2D eigenvalue weighted by molar-refractivity contribution is 0.0512. The van der Waals surface area contributed by atoms with E-state index >= 15 is 0 Å². The molecule has 0 fully saturated rings. The number of anilines is 2. The van der Waals surface area contributed by atoms with Gasteiger partial charge in [0.05, 0.1) is 33.0 Å². The van der Waals surface area contributed by atoms with E-state index in [1.165, 1.54) is 0 Å². The SMILES string of the molecule is CCC1CC(=NCCOCCOCCNC(=O)c2ccccc2)N=C(Nc2ccc(O)cc2)N=C1Nc1ccc(C(=O)NCc2cccc(-c3ccccc3)c2)cc1. The van der Waals surface area contributed by atoms with E-state index in [9.17, 15) is 14.7 Å². The van der Waals surface area contributed by atoms with Crippen molar-refractivity contribution in [1.82, 2.24) is 10.6 Å². The van der Waals surface area contributed by atoms with Crippen molar-refractivity contribution in [2.75, 3.05) is 50.2 Å². The summed E-state index contributed by atoms with van der Waals surface area (Å²) >= 11 is 0. The van der Waals surface area contributed by atoms with Gasteiger partial charge in [-0.15, -0.1) is 0 Å². The Kier molecular flexibility index (Phi) is 15.3. The lowest BCUT2D eigenvalue weighted by Gasteiger charge is -2.18. The number of rotatable bonds is 17. The van der Waals surface area contributed by atoms with Crippen LogP contribution in [0.4, 0.5) is 11.4 Å². The maximum absolute atomic E-state index is 13.1. The normalized spacial score (nSPS) is 14.5. The predicted molar refractivity (Wildman–Crippen MR) is 231 cm³/mol. The van der Waals surface area contributed by atoms with Crippen molar-refractivity contribution in [2.45, 2.75) is 26.3 Å². The first-order valence-electron chi connectivity index (χ1n) is 19.5. The Bertz CT molecular complexity index is 2170. The molecule has 1 unspecified atom stereocenters. The van der Waals surface area contributed by atoms with Crippen LogP contribution in [0.3, 0.4) is 0 Å². The number of nitrogens with zero attached hydrogens (tertiary/aromatic N) is 3. The molecular weight excluding hydrogens is 731 g/mol. The van der Waals surface area contributed by atoms with E-state index < -0.39 is 0 Å². The average Bonchev–Trinajstić information content (AvgIpc) is 3.43. The second-order valence-corrected chi connectivity index (χ2v) is 13.5. The number of amidine groups is 2. The minimum absolute atomic E-state index is 0.0204. The lowest BCUT2D eigenvalue weighted by Crippen LogP contribution is -2.27. The Morgan fingerprint density at radius 3 is 2.07 bits per heavy atom. The summed E-state index contributed by atoms with van der Waals surface area (Å²) in [5, 5.41) is 22.4. The smallest absolute Gasteiger partial charge is 0.251 e. The molecule has 0 bridgehead atoms. The molecule has 1 atom stereocenters. The number of aromatic hydroxyl groups is 1. The summed E-state index contributed by atoms with van der Waals surface area (Å²) < 4.78 is 11.3. The standard InChI is InChI=1S/C46H49N7O5/c1-2-34-31-42(47-24-26-57-28-29-58-27-25-48-44(55)36-13-7-4-8-14-36)52-46(51-40-20-22-41(54)23-21-40)53-43(34)50-39-18-16-37(17-19-39)45(56)49-32-33-10-9-15-38(30-33)35-11-5-3-6-12-35/h3-23,30,34,54H,2,24-29,31-32H2,1H3,(H,48,55)(H,49,56)(H2,47,50,51,52,53). The number of hydrogen-bond donors (Lipinski definition) is 5. The van der Waals surface area contributed by atoms with E-state index in [2.05, 4.69) is 52.5 Å². The summed E-state index contributed by atoms with van der Waals surface area (Å²) in [6.07, 6.45) is 1.32. The minimum atomic E-state index is -0.163. The number of carbonyl (C=O) groups excluding carboxylic acids is 2. The van der Waals surface area contributed by atoms with Crippen molar-refractivity contribution in [3.05, 3.63) is 150 Å². The first-order valence-corrected chi connectivity index (χ1v) is 19.5. The van der Waals surface area contributed by atoms with Crippen molar-refractivity contribution in [3.8, 4) is 16.9 Å². The fourth-order valence-electron chi connectivity index (χ4n) is 6.13. The molecule has 2 amide bonds. The zero-order chi connectivity index (χ0) is 40.4. The number of phenolic OH excluding ortho intramolecular Hbond substituents is 1. The molecule has 0 spiro atoms. The lowest BCUT2D eigenvalue weighted by atomic mass is 10.00. The molecule has 0 saturated carbocycles. The molecule has 5 N–H and O–H groups in total. The Balaban J connectivity index is 1.01. The third-order valence-corrected chi connectivity index (χ3v) is 9.27. The maximum atomic E-state index is 13.1. The highest BCUT2D eigenvalue weighted by Gasteiger charge is 2.22. The second kappa shape index (κ2) is 21.6. The molecule has 0 aliphatic carbocycles. The van der Waals surface area contributed by atoms with E-state index in [4.69, 9.17) is 24.5 Å². The number of ether oxygens (including phenoxy) is 2. The largest absolute Gasteiger partial charge is 0.508 e. The number of guanidine groups is 1. The molecule has 5 aromatic rings. The quantitative estimate of drug-likeness (QED) is 0.0482. The zero-order valence-corrected chi connectivity index (χ0v) is 32.6. The zero-order valence-electron chi connectivity index (χ0n) is 32.6. The molecule has 0 saturated heterocycles. The summed E-state index contributed by atoms with van der Waals surface area (Å²) in [7, 11) is 0. The number of hydrogen-bond acceptors (Lipinski definition) is 9. The van der Waals surface area contributed by atoms with Crippen LogP contribution < -0.4 is 21.3 Å². The monoisotopic (exact) mass is 779 g/mol. The number of benzene rings is 5. The summed E-state index contributed by atoms with van der Waals surface area (Å²) in [6, 6.07) is 41.4. The van der Waals surface area contributed by atoms with Gasteiger partial charge >= 0.3 is 0 Å². The van der Waals surface area contributed by atoms with E-state index in [1.54, 1.807) is 48.5 Å². The molecule has 6 rings (SSSR count). The fraction of sp³-hybridized carbons (Fsp3) is 0.239. The number of nitrogens with one attached hydrogen (secondary N) is 4. The van der Waals surface area contributed by atoms with E-state index in [-0.39, 0.29) is 23.5 Å². The molecule has 12 heteroatoms. The van der Waals surface area contributed by atoms with Gasteiger partial charge in [-0.3, -0.25) is 14.6 Å². The fourth-order valence-corrected chi connectivity index (χ4v) is 6.13. The molecule has 12 nitrogen and oxygen atoms in total. The number of phenols is 1. The number of aliphatic imine (C=N–C) groups is 3. The van der Waals surface area contributed by atoms with Gasteiger partial charge in [-0.2, -0.15) is 9.98 Å². The molecule has 298 valence electrons. The van der Waals surface area contributed by atoms with Crippen LogP contribution >= 0.6 is 0 Å². The highest BCUT2D eigenvalue weighted by Crippen LogP contribution is 2.22. The van der Waals surface area contributed by atoms with Crippen molar-refractivity contribution >= 4 is 40.8 Å². The summed E-state index contributed by atoms with van der Waals surface area (Å²) in [6.45, 7) is 4.88. The molecule has 1 aliphatic rings. The highest BCUT2D eigenvalue weighted by molar-refractivity contribution is 6.14.